The van der Waals surface area contributed by atoms with Gasteiger partial charge >= 0.3 is 12.1 Å². The maximum absolute atomic E-state index is 11.7. The van der Waals surface area contributed by atoms with Gasteiger partial charge in [0, 0.05) is 0 Å². The van der Waals surface area contributed by atoms with Crippen LogP contribution in [0.5, 0.6) is 0 Å². The highest BCUT2D eigenvalue weighted by Crippen LogP contribution is 2.27. The third-order valence-electron chi connectivity index (χ3n) is 1.99. The van der Waals surface area contributed by atoms with Crippen LogP contribution in [0.1, 0.15) is 43.1 Å². The molecule has 1 heterocycles. The first kappa shape index (κ1) is 16.4. The van der Waals surface area contributed by atoms with Crippen molar-refractivity contribution in [3.05, 3.63) is 10.6 Å². The van der Waals surface area contributed by atoms with E-state index >= 15 is 0 Å². The lowest BCUT2D eigenvalue weighted by atomic mass is 10.2. The normalized spacial score (nSPS) is 11.1. The van der Waals surface area contributed by atoms with Crippen LogP contribution in [0.25, 0.3) is 0 Å². The number of hydrogen-bond donors (Lipinski definition) is 1. The zero-order valence-corrected chi connectivity index (χ0v) is 12.9. The first-order valence-corrected chi connectivity index (χ1v) is 6.84. The van der Waals surface area contributed by atoms with Crippen molar-refractivity contribution in [1.29, 1.82) is 0 Å². The van der Waals surface area contributed by atoms with Gasteiger partial charge in [0.25, 0.3) is 0 Å². The molecule has 1 N–H and O–H groups in total. The van der Waals surface area contributed by atoms with Crippen LogP contribution < -0.4 is 5.06 Å². The molecular formula is C12H18N2O5S. The van der Waals surface area contributed by atoms with Gasteiger partial charge in [0.2, 0.25) is 5.13 Å². The lowest BCUT2D eigenvalue weighted by Crippen LogP contribution is -2.34. The van der Waals surface area contributed by atoms with Crippen LogP contribution in [-0.4, -0.2) is 34.5 Å². The van der Waals surface area contributed by atoms with Crippen LogP contribution >= 0.6 is 11.3 Å². The summed E-state index contributed by atoms with van der Waals surface area (Å²) in [6, 6.07) is 0. The molecule has 0 aliphatic heterocycles. The van der Waals surface area contributed by atoms with E-state index in [2.05, 4.69) is 4.98 Å². The third-order valence-corrected chi connectivity index (χ3v) is 3.11. The number of aromatic nitrogens is 1. The van der Waals surface area contributed by atoms with E-state index in [4.69, 9.17) is 9.47 Å². The van der Waals surface area contributed by atoms with E-state index in [0.29, 0.717) is 5.69 Å². The second-order valence-corrected chi connectivity index (χ2v) is 5.90. The number of carbonyl (C=O) groups is 2. The highest BCUT2D eigenvalue weighted by Gasteiger charge is 2.26. The highest BCUT2D eigenvalue weighted by atomic mass is 32.1. The molecule has 0 saturated carbocycles. The number of thiazole rings is 1. The van der Waals surface area contributed by atoms with E-state index in [9.17, 15) is 14.8 Å². The van der Waals surface area contributed by atoms with Crippen molar-refractivity contribution in [3.8, 4) is 0 Å². The van der Waals surface area contributed by atoms with Crippen molar-refractivity contribution in [3.63, 3.8) is 0 Å². The quantitative estimate of drug-likeness (QED) is 0.524. The first-order valence-electron chi connectivity index (χ1n) is 6.02. The van der Waals surface area contributed by atoms with E-state index in [0.717, 1.165) is 11.3 Å². The van der Waals surface area contributed by atoms with Crippen molar-refractivity contribution in [2.45, 2.75) is 40.2 Å². The minimum absolute atomic E-state index is 0.0418. The van der Waals surface area contributed by atoms with Crippen LogP contribution in [0.15, 0.2) is 0 Å². The molecule has 0 aliphatic carbocycles. The number of hydrogen-bond acceptors (Lipinski definition) is 7. The second kappa shape index (κ2) is 6.19. The number of hydroxylamine groups is 1. The molecule has 0 fully saturated rings. The molecule has 1 rings (SSSR count). The highest BCUT2D eigenvalue weighted by molar-refractivity contribution is 7.17. The van der Waals surface area contributed by atoms with Crippen molar-refractivity contribution >= 4 is 28.5 Å². The molecule has 20 heavy (non-hydrogen) atoms. The number of amides is 1. The van der Waals surface area contributed by atoms with Gasteiger partial charge in [-0.2, -0.15) is 0 Å². The average molecular weight is 302 g/mol. The van der Waals surface area contributed by atoms with Gasteiger partial charge in [0.05, 0.1) is 12.3 Å². The standard InChI is InChI=1S/C12H18N2O5S/c1-6-18-9(15)8-7(2)13-10(20-8)14(17)11(16)19-12(3,4)5/h17H,6H2,1-5H3. The molecule has 0 atom stereocenters. The zero-order valence-electron chi connectivity index (χ0n) is 12.1. The Balaban J connectivity index is 2.90. The number of nitrogens with zero attached hydrogens (tertiary/aromatic N) is 2. The van der Waals surface area contributed by atoms with Gasteiger partial charge in [0.1, 0.15) is 10.5 Å². The molecule has 0 spiro atoms. The number of carbonyl (C=O) groups excluding carboxylic acids is 2. The number of rotatable bonds is 3. The SMILES string of the molecule is CCOC(=O)c1sc(N(O)C(=O)OC(C)(C)C)nc1C. The van der Waals surface area contributed by atoms with Gasteiger partial charge in [0.15, 0.2) is 0 Å². The summed E-state index contributed by atoms with van der Waals surface area (Å²) >= 11 is 0.859. The molecule has 112 valence electrons. The third kappa shape index (κ3) is 4.17. The molecule has 0 bridgehead atoms. The minimum atomic E-state index is -0.957. The summed E-state index contributed by atoms with van der Waals surface area (Å²) < 4.78 is 9.86. The Morgan fingerprint density at radius 2 is 2.00 bits per heavy atom. The lowest BCUT2D eigenvalue weighted by molar-refractivity contribution is 0.0406. The van der Waals surface area contributed by atoms with E-state index in [1.165, 1.54) is 0 Å². The van der Waals surface area contributed by atoms with Crippen molar-refractivity contribution in [2.75, 3.05) is 11.7 Å². The average Bonchev–Trinajstić information content (AvgIpc) is 2.68. The fraction of sp³-hybridized carbons (Fsp3) is 0.583. The van der Waals surface area contributed by atoms with Gasteiger partial charge in [-0.25, -0.2) is 14.6 Å². The zero-order chi connectivity index (χ0) is 15.5. The van der Waals surface area contributed by atoms with Gasteiger partial charge in [-0.05, 0) is 34.6 Å². The van der Waals surface area contributed by atoms with Gasteiger partial charge in [-0.15, -0.1) is 5.06 Å². The fourth-order valence-electron chi connectivity index (χ4n) is 1.24. The lowest BCUT2D eigenvalue weighted by Gasteiger charge is -2.21. The molecule has 1 amide bonds. The maximum Gasteiger partial charge on any atom is 0.441 e. The summed E-state index contributed by atoms with van der Waals surface area (Å²) in [7, 11) is 0. The molecular weight excluding hydrogens is 284 g/mol. The fourth-order valence-corrected chi connectivity index (χ4v) is 2.10. The molecule has 0 aliphatic rings. The Labute approximate surface area is 121 Å². The van der Waals surface area contributed by atoms with Crippen LogP contribution in [0.4, 0.5) is 9.93 Å². The summed E-state index contributed by atoms with van der Waals surface area (Å²) in [6.07, 6.45) is -0.957. The van der Waals surface area contributed by atoms with Gasteiger partial charge in [-0.3, -0.25) is 5.21 Å². The summed E-state index contributed by atoms with van der Waals surface area (Å²) in [6.45, 7) is 8.55. The predicted octanol–water partition coefficient (Wildman–Crippen LogP) is 2.76. The van der Waals surface area contributed by atoms with Gasteiger partial charge < -0.3 is 9.47 Å². The van der Waals surface area contributed by atoms with Crippen LogP contribution in [0.2, 0.25) is 0 Å². The Morgan fingerprint density at radius 1 is 1.40 bits per heavy atom. The monoisotopic (exact) mass is 302 g/mol. The Bertz CT molecular complexity index is 506. The molecule has 0 unspecified atom stereocenters. The van der Waals surface area contributed by atoms with E-state index < -0.39 is 17.7 Å². The molecule has 0 aromatic carbocycles. The van der Waals surface area contributed by atoms with Gasteiger partial charge in [-0.1, -0.05) is 11.3 Å². The molecule has 0 radical (unpaired) electrons. The number of ether oxygens (including phenoxy) is 2. The van der Waals surface area contributed by atoms with Crippen molar-refractivity contribution < 1.29 is 24.3 Å². The molecule has 1 aromatic rings. The second-order valence-electron chi connectivity index (χ2n) is 4.92. The number of aryl methyl sites for hydroxylation is 1. The van der Waals surface area contributed by atoms with Crippen molar-refractivity contribution in [2.24, 2.45) is 0 Å². The minimum Gasteiger partial charge on any atom is -0.462 e. The van der Waals surface area contributed by atoms with Crippen LogP contribution in [0, 0.1) is 6.92 Å². The Kier molecular flexibility index (Phi) is 5.07. The molecule has 8 heteroatoms. The van der Waals surface area contributed by atoms with Crippen LogP contribution in [0.3, 0.4) is 0 Å². The summed E-state index contributed by atoms with van der Waals surface area (Å²) in [4.78, 5) is 27.5. The summed E-state index contributed by atoms with van der Waals surface area (Å²) in [5.74, 6) is -0.536. The Hall–Kier alpha value is -1.67. The van der Waals surface area contributed by atoms with Crippen molar-refractivity contribution in [1.82, 2.24) is 4.98 Å². The maximum atomic E-state index is 11.7. The molecule has 0 saturated heterocycles. The number of esters is 1. The summed E-state index contributed by atoms with van der Waals surface area (Å²) in [5.41, 5.74) is -0.361. The topological polar surface area (TPSA) is 89.0 Å². The molecule has 7 nitrogen and oxygen atoms in total. The number of anilines is 1. The van der Waals surface area contributed by atoms with E-state index in [1.54, 1.807) is 34.6 Å². The van der Waals surface area contributed by atoms with E-state index in [-0.39, 0.29) is 21.7 Å². The van der Waals surface area contributed by atoms with E-state index in [1.807, 2.05) is 0 Å². The smallest absolute Gasteiger partial charge is 0.441 e. The summed E-state index contributed by atoms with van der Waals surface area (Å²) in [5, 5.41) is 10.00. The predicted molar refractivity (Wildman–Crippen MR) is 73.3 cm³/mol. The van der Waals surface area contributed by atoms with Crippen LogP contribution in [-0.2, 0) is 9.47 Å². The largest absolute Gasteiger partial charge is 0.462 e. The molecule has 1 aromatic heterocycles. The Morgan fingerprint density at radius 3 is 2.50 bits per heavy atom. The first-order chi connectivity index (χ1) is 9.15.